The molecule has 118 valence electrons. The quantitative estimate of drug-likeness (QED) is 0.837. The van der Waals surface area contributed by atoms with Gasteiger partial charge in [0, 0.05) is 12.6 Å². The van der Waals surface area contributed by atoms with Gasteiger partial charge in [-0.25, -0.2) is 13.6 Å². The number of amides is 2. The summed E-state index contributed by atoms with van der Waals surface area (Å²) < 4.78 is 26.6. The first-order valence-corrected chi connectivity index (χ1v) is 7.20. The summed E-state index contributed by atoms with van der Waals surface area (Å²) in [6.45, 7) is 0.335. The second-order valence-electron chi connectivity index (χ2n) is 5.84. The van der Waals surface area contributed by atoms with E-state index < -0.39 is 29.3 Å². The fraction of sp³-hybridized carbons (Fsp3) is 0.467. The van der Waals surface area contributed by atoms with Crippen LogP contribution in [-0.2, 0) is 4.79 Å². The van der Waals surface area contributed by atoms with Gasteiger partial charge in [0.2, 0.25) is 5.91 Å². The maximum Gasteiger partial charge on any atom is 0.408 e. The van der Waals surface area contributed by atoms with Crippen molar-refractivity contribution >= 4 is 12.0 Å². The number of nitrogens with zero attached hydrogens (tertiary/aromatic N) is 1. The number of hydrogen-bond donors (Lipinski definition) is 2. The minimum absolute atomic E-state index is 0.335. The Morgan fingerprint density at radius 2 is 1.95 bits per heavy atom. The molecule has 0 aromatic heterocycles. The molecule has 0 aliphatic carbocycles. The summed E-state index contributed by atoms with van der Waals surface area (Å²) in [7, 11) is 0. The molecule has 3 rings (SSSR count). The van der Waals surface area contributed by atoms with E-state index >= 15 is 0 Å². The number of likely N-dealkylation sites (tertiary alicyclic amines) is 1. The number of halogens is 2. The highest BCUT2D eigenvalue weighted by Gasteiger charge is 2.52. The minimum Gasteiger partial charge on any atom is -0.465 e. The second-order valence-corrected chi connectivity index (χ2v) is 5.84. The highest BCUT2D eigenvalue weighted by atomic mass is 19.1. The molecule has 2 N–H and O–H groups in total. The Hall–Kier alpha value is -2.18. The number of carboxylic acid groups (broad SMARTS) is 1. The molecule has 2 atom stereocenters. The van der Waals surface area contributed by atoms with Gasteiger partial charge in [0.15, 0.2) is 0 Å². The molecule has 1 spiro atoms. The van der Waals surface area contributed by atoms with Crippen LogP contribution in [0.5, 0.6) is 0 Å². The van der Waals surface area contributed by atoms with Crippen molar-refractivity contribution < 1.29 is 23.5 Å². The smallest absolute Gasteiger partial charge is 0.408 e. The van der Waals surface area contributed by atoms with Gasteiger partial charge >= 0.3 is 6.09 Å². The van der Waals surface area contributed by atoms with Crippen LogP contribution in [0.15, 0.2) is 18.2 Å². The van der Waals surface area contributed by atoms with Crippen molar-refractivity contribution in [2.45, 2.75) is 37.3 Å². The zero-order valence-corrected chi connectivity index (χ0v) is 11.8. The van der Waals surface area contributed by atoms with Crippen LogP contribution in [-0.4, -0.2) is 34.1 Å². The van der Waals surface area contributed by atoms with Crippen LogP contribution >= 0.6 is 0 Å². The average Bonchev–Trinajstić information content (AvgIpc) is 2.86. The first-order valence-electron chi connectivity index (χ1n) is 7.20. The molecule has 2 amide bonds. The van der Waals surface area contributed by atoms with Crippen molar-refractivity contribution in [2.75, 3.05) is 6.54 Å². The van der Waals surface area contributed by atoms with E-state index in [0.29, 0.717) is 37.8 Å². The van der Waals surface area contributed by atoms with Crippen LogP contribution in [0.2, 0.25) is 0 Å². The third-order valence-electron chi connectivity index (χ3n) is 4.58. The lowest BCUT2D eigenvalue weighted by molar-refractivity contribution is -0.135. The van der Waals surface area contributed by atoms with E-state index in [1.807, 2.05) is 0 Å². The molecule has 2 heterocycles. The van der Waals surface area contributed by atoms with E-state index in [1.54, 1.807) is 0 Å². The number of nitrogens with one attached hydrogen (secondary N) is 1. The Balaban J connectivity index is 1.83. The molecule has 22 heavy (non-hydrogen) atoms. The van der Waals surface area contributed by atoms with Crippen LogP contribution in [0.25, 0.3) is 0 Å². The molecule has 2 aliphatic heterocycles. The van der Waals surface area contributed by atoms with E-state index in [0.717, 1.165) is 6.07 Å². The van der Waals surface area contributed by atoms with Crippen LogP contribution in [0.3, 0.4) is 0 Å². The summed E-state index contributed by atoms with van der Waals surface area (Å²) in [6, 6.07) is 2.66. The Kier molecular flexibility index (Phi) is 3.50. The molecule has 0 unspecified atom stereocenters. The van der Waals surface area contributed by atoms with Gasteiger partial charge in [-0.2, -0.15) is 0 Å². The fourth-order valence-electron chi connectivity index (χ4n) is 3.54. The van der Waals surface area contributed by atoms with Gasteiger partial charge in [-0.15, -0.1) is 0 Å². The molecular formula is C15H16F2N2O3. The predicted molar refractivity (Wildman–Crippen MR) is 73.2 cm³/mol. The first kappa shape index (κ1) is 14.7. The molecule has 5 nitrogen and oxygen atoms in total. The van der Waals surface area contributed by atoms with Crippen molar-refractivity contribution in [3.05, 3.63) is 35.4 Å². The largest absolute Gasteiger partial charge is 0.465 e. The number of piperidine rings is 1. The van der Waals surface area contributed by atoms with Gasteiger partial charge in [-0.3, -0.25) is 9.69 Å². The zero-order chi connectivity index (χ0) is 15.9. The van der Waals surface area contributed by atoms with Crippen LogP contribution < -0.4 is 5.32 Å². The summed E-state index contributed by atoms with van der Waals surface area (Å²) in [5.41, 5.74) is -0.672. The predicted octanol–water partition coefficient (Wildman–Crippen LogP) is 2.43. The summed E-state index contributed by atoms with van der Waals surface area (Å²) in [6.07, 6.45) is 0.809. The van der Waals surface area contributed by atoms with E-state index in [2.05, 4.69) is 5.32 Å². The van der Waals surface area contributed by atoms with Crippen molar-refractivity contribution in [3.8, 4) is 0 Å². The molecule has 2 saturated heterocycles. The van der Waals surface area contributed by atoms with Crippen molar-refractivity contribution in [2.24, 2.45) is 0 Å². The molecule has 0 bridgehead atoms. The Morgan fingerprint density at radius 1 is 1.27 bits per heavy atom. The van der Waals surface area contributed by atoms with Crippen molar-refractivity contribution in [1.29, 1.82) is 0 Å². The zero-order valence-electron chi connectivity index (χ0n) is 11.8. The average molecular weight is 310 g/mol. The standard InChI is InChI=1S/C15H16F2N2O3/c16-10-6-9(7-11(17)8-10)12-2-4-15(13(20)18-12)3-1-5-19(15)14(21)22/h6-8,12H,1-5H2,(H,18,20)(H,21,22)/t12-,15+/m0/s1. The summed E-state index contributed by atoms with van der Waals surface area (Å²) in [5.74, 6) is -1.77. The molecule has 0 radical (unpaired) electrons. The normalized spacial score (nSPS) is 28.0. The molecule has 1 aromatic carbocycles. The number of rotatable bonds is 1. The summed E-state index contributed by atoms with van der Waals surface area (Å²) in [5, 5.41) is 12.0. The lowest BCUT2D eigenvalue weighted by Crippen LogP contribution is -2.60. The topological polar surface area (TPSA) is 69.6 Å². The van der Waals surface area contributed by atoms with Crippen molar-refractivity contribution in [1.82, 2.24) is 10.2 Å². The van der Waals surface area contributed by atoms with Gasteiger partial charge in [-0.05, 0) is 43.4 Å². The number of carbonyl (C=O) groups excluding carboxylic acids is 1. The summed E-state index contributed by atoms with van der Waals surface area (Å²) >= 11 is 0. The fourth-order valence-corrected chi connectivity index (χ4v) is 3.54. The van der Waals surface area contributed by atoms with Crippen LogP contribution in [0, 0.1) is 11.6 Å². The van der Waals surface area contributed by atoms with Crippen LogP contribution in [0.1, 0.15) is 37.3 Å². The number of carbonyl (C=O) groups is 2. The van der Waals surface area contributed by atoms with Crippen LogP contribution in [0.4, 0.5) is 13.6 Å². The maximum atomic E-state index is 13.3. The van der Waals surface area contributed by atoms with Gasteiger partial charge in [0.05, 0.1) is 6.04 Å². The SMILES string of the molecule is O=C(O)N1CCC[C@]12CC[C@@H](c1cc(F)cc(F)c1)NC2=O. The maximum absolute atomic E-state index is 13.3. The van der Waals surface area contributed by atoms with Gasteiger partial charge in [0.25, 0.3) is 0 Å². The van der Waals surface area contributed by atoms with Gasteiger partial charge in [-0.1, -0.05) is 0 Å². The summed E-state index contributed by atoms with van der Waals surface area (Å²) in [4.78, 5) is 25.0. The first-order chi connectivity index (χ1) is 10.4. The highest BCUT2D eigenvalue weighted by molar-refractivity contribution is 5.91. The molecule has 2 fully saturated rings. The van der Waals surface area contributed by atoms with E-state index in [9.17, 15) is 23.5 Å². The monoisotopic (exact) mass is 310 g/mol. The lowest BCUT2D eigenvalue weighted by atomic mass is 9.82. The minimum atomic E-state index is -1.11. The second kappa shape index (κ2) is 5.23. The lowest BCUT2D eigenvalue weighted by Gasteiger charge is -2.41. The van der Waals surface area contributed by atoms with Gasteiger partial charge in [0.1, 0.15) is 17.2 Å². The van der Waals surface area contributed by atoms with Crippen molar-refractivity contribution in [3.63, 3.8) is 0 Å². The van der Waals surface area contributed by atoms with E-state index in [4.69, 9.17) is 0 Å². The Bertz CT molecular complexity index is 617. The molecular weight excluding hydrogens is 294 g/mol. The molecule has 1 aromatic rings. The van der Waals surface area contributed by atoms with E-state index in [1.165, 1.54) is 17.0 Å². The Morgan fingerprint density at radius 3 is 2.55 bits per heavy atom. The number of hydrogen-bond acceptors (Lipinski definition) is 2. The third-order valence-corrected chi connectivity index (χ3v) is 4.58. The third kappa shape index (κ3) is 2.30. The molecule has 0 saturated carbocycles. The van der Waals surface area contributed by atoms with Gasteiger partial charge < -0.3 is 10.4 Å². The number of benzene rings is 1. The Labute approximate surface area is 125 Å². The highest BCUT2D eigenvalue weighted by Crippen LogP contribution is 2.40. The van der Waals surface area contributed by atoms with E-state index in [-0.39, 0.29) is 5.91 Å². The molecule has 2 aliphatic rings. The molecule has 7 heteroatoms.